The number of anilines is 2. The fraction of sp³-hybridized carbons (Fsp3) is 0.292. The Labute approximate surface area is 181 Å². The first-order valence-electron chi connectivity index (χ1n) is 10.3. The van der Waals surface area contributed by atoms with E-state index in [2.05, 4.69) is 55.5 Å². The highest BCUT2D eigenvalue weighted by Crippen LogP contribution is 2.23. The number of rotatable bonds is 5. The highest BCUT2D eigenvalue weighted by molar-refractivity contribution is 6.04. The van der Waals surface area contributed by atoms with Gasteiger partial charge in [0.15, 0.2) is 0 Å². The number of cyclic esters (lactones) is 1. The van der Waals surface area contributed by atoms with E-state index in [0.717, 1.165) is 5.56 Å². The van der Waals surface area contributed by atoms with Crippen molar-refractivity contribution in [2.45, 2.75) is 32.7 Å². The first kappa shape index (κ1) is 20.7. The average molecular weight is 418 g/mol. The molecule has 2 aromatic carbocycles. The van der Waals surface area contributed by atoms with E-state index in [-0.39, 0.29) is 17.4 Å². The molecule has 0 spiro atoms. The molecule has 2 amide bonds. The van der Waals surface area contributed by atoms with Gasteiger partial charge in [-0.3, -0.25) is 9.69 Å². The fourth-order valence-electron chi connectivity index (χ4n) is 3.46. The summed E-state index contributed by atoms with van der Waals surface area (Å²) in [5, 5.41) is 7.26. The largest absolute Gasteiger partial charge is 0.447 e. The molecule has 1 aliphatic heterocycles. The maximum atomic E-state index is 12.7. The van der Waals surface area contributed by atoms with E-state index in [9.17, 15) is 9.59 Å². The number of carbonyl (C=O) groups is 2. The van der Waals surface area contributed by atoms with Gasteiger partial charge in [-0.2, -0.15) is 5.10 Å². The minimum atomic E-state index is -0.364. The normalized spacial score (nSPS) is 13.9. The second-order valence-corrected chi connectivity index (χ2v) is 8.59. The molecule has 1 saturated heterocycles. The van der Waals surface area contributed by atoms with Crippen molar-refractivity contribution in [2.75, 3.05) is 23.4 Å². The molecule has 0 saturated carbocycles. The van der Waals surface area contributed by atoms with Crippen molar-refractivity contribution in [2.24, 2.45) is 0 Å². The van der Waals surface area contributed by atoms with Crippen molar-refractivity contribution in [3.8, 4) is 0 Å². The third-order valence-electron chi connectivity index (χ3n) is 5.31. The predicted octanol–water partition coefficient (Wildman–Crippen LogP) is 4.44. The molecule has 4 rings (SSSR count). The Morgan fingerprint density at radius 3 is 2.39 bits per heavy atom. The number of nitrogens with zero attached hydrogens (tertiary/aromatic N) is 3. The van der Waals surface area contributed by atoms with Crippen LogP contribution in [0.1, 0.15) is 42.3 Å². The SMILES string of the molecule is CC(C)(C)c1ccc(Cn2nccc2NC(=O)c2ccc(N3CCOC3=O)cc2)cc1. The molecule has 3 aromatic rings. The van der Waals surface area contributed by atoms with Crippen LogP contribution in [0.25, 0.3) is 0 Å². The average Bonchev–Trinajstić information content (AvgIpc) is 3.36. The maximum absolute atomic E-state index is 12.7. The standard InChI is InChI=1S/C24H26N4O3/c1-24(2,3)19-8-4-17(5-9-19)16-28-21(12-13-25-28)26-22(29)18-6-10-20(11-7-18)27-14-15-31-23(27)30/h4-13H,14-16H2,1-3H3,(H,26,29). The van der Waals surface area contributed by atoms with E-state index in [4.69, 9.17) is 4.74 Å². The summed E-state index contributed by atoms with van der Waals surface area (Å²) < 4.78 is 6.71. The summed E-state index contributed by atoms with van der Waals surface area (Å²) in [6.07, 6.45) is 1.30. The number of hydrogen-bond acceptors (Lipinski definition) is 4. The number of nitrogens with one attached hydrogen (secondary N) is 1. The highest BCUT2D eigenvalue weighted by atomic mass is 16.6. The lowest BCUT2D eigenvalue weighted by atomic mass is 9.87. The Morgan fingerprint density at radius 1 is 1.06 bits per heavy atom. The summed E-state index contributed by atoms with van der Waals surface area (Å²) in [5.41, 5.74) is 3.69. The van der Waals surface area contributed by atoms with Gasteiger partial charge in [-0.05, 0) is 40.8 Å². The first-order chi connectivity index (χ1) is 14.8. The summed E-state index contributed by atoms with van der Waals surface area (Å²) >= 11 is 0. The summed E-state index contributed by atoms with van der Waals surface area (Å²) in [6.45, 7) is 8.01. The van der Waals surface area contributed by atoms with Crippen LogP contribution in [-0.4, -0.2) is 34.9 Å². The van der Waals surface area contributed by atoms with Crippen LogP contribution in [0.15, 0.2) is 60.8 Å². The van der Waals surface area contributed by atoms with Crippen LogP contribution in [0.4, 0.5) is 16.3 Å². The molecule has 1 fully saturated rings. The van der Waals surface area contributed by atoms with Gasteiger partial charge in [-0.1, -0.05) is 45.0 Å². The van der Waals surface area contributed by atoms with Crippen molar-refractivity contribution < 1.29 is 14.3 Å². The van der Waals surface area contributed by atoms with E-state index in [0.29, 0.717) is 36.8 Å². The number of benzene rings is 2. The van der Waals surface area contributed by atoms with Crippen molar-refractivity contribution >= 4 is 23.5 Å². The summed E-state index contributed by atoms with van der Waals surface area (Å²) in [6, 6.07) is 17.1. The summed E-state index contributed by atoms with van der Waals surface area (Å²) in [7, 11) is 0. The van der Waals surface area contributed by atoms with Crippen LogP contribution in [0.5, 0.6) is 0 Å². The molecular formula is C24H26N4O3. The second-order valence-electron chi connectivity index (χ2n) is 8.59. The quantitative estimate of drug-likeness (QED) is 0.665. The number of amides is 2. The lowest BCUT2D eigenvalue weighted by Gasteiger charge is -2.19. The van der Waals surface area contributed by atoms with E-state index in [1.807, 2.05) is 0 Å². The number of ether oxygens (including phenoxy) is 1. The van der Waals surface area contributed by atoms with Crippen molar-refractivity contribution in [3.05, 3.63) is 77.5 Å². The Hall–Kier alpha value is -3.61. The smallest absolute Gasteiger partial charge is 0.414 e. The number of hydrogen-bond donors (Lipinski definition) is 1. The lowest BCUT2D eigenvalue weighted by molar-refractivity contribution is 0.102. The monoisotopic (exact) mass is 418 g/mol. The molecular weight excluding hydrogens is 392 g/mol. The Bertz CT molecular complexity index is 1080. The molecule has 1 N–H and O–H groups in total. The fourth-order valence-corrected chi connectivity index (χ4v) is 3.46. The van der Waals surface area contributed by atoms with E-state index in [1.165, 1.54) is 5.56 Å². The summed E-state index contributed by atoms with van der Waals surface area (Å²) in [5.74, 6) is 0.387. The van der Waals surface area contributed by atoms with Gasteiger partial charge in [0.25, 0.3) is 5.91 Å². The number of carbonyl (C=O) groups excluding carboxylic acids is 2. The van der Waals surface area contributed by atoms with Crippen LogP contribution < -0.4 is 10.2 Å². The molecule has 0 atom stereocenters. The molecule has 31 heavy (non-hydrogen) atoms. The molecule has 2 heterocycles. The second kappa shape index (κ2) is 8.26. The van der Waals surface area contributed by atoms with Crippen molar-refractivity contribution in [3.63, 3.8) is 0 Å². The Kier molecular flexibility index (Phi) is 5.50. The topological polar surface area (TPSA) is 76.5 Å². The highest BCUT2D eigenvalue weighted by Gasteiger charge is 2.23. The Morgan fingerprint density at radius 2 is 1.77 bits per heavy atom. The number of aromatic nitrogens is 2. The zero-order chi connectivity index (χ0) is 22.0. The van der Waals surface area contributed by atoms with Crippen molar-refractivity contribution in [1.82, 2.24) is 9.78 Å². The maximum Gasteiger partial charge on any atom is 0.414 e. The van der Waals surface area contributed by atoms with E-state index in [1.54, 1.807) is 46.1 Å². The van der Waals surface area contributed by atoms with Crippen LogP contribution in [0.3, 0.4) is 0 Å². The van der Waals surface area contributed by atoms with Gasteiger partial charge >= 0.3 is 6.09 Å². The van der Waals surface area contributed by atoms with Gasteiger partial charge in [-0.25, -0.2) is 9.48 Å². The molecule has 0 unspecified atom stereocenters. The molecule has 1 aliphatic rings. The molecule has 0 radical (unpaired) electrons. The van der Waals surface area contributed by atoms with E-state index < -0.39 is 0 Å². The van der Waals surface area contributed by atoms with Crippen molar-refractivity contribution in [1.29, 1.82) is 0 Å². The zero-order valence-corrected chi connectivity index (χ0v) is 18.0. The van der Waals surface area contributed by atoms with Gasteiger partial charge in [0.2, 0.25) is 0 Å². The molecule has 1 aromatic heterocycles. The van der Waals surface area contributed by atoms with Gasteiger partial charge in [0.1, 0.15) is 12.4 Å². The molecule has 0 bridgehead atoms. The minimum Gasteiger partial charge on any atom is -0.447 e. The third-order valence-corrected chi connectivity index (χ3v) is 5.31. The van der Waals surface area contributed by atoms with Crippen LogP contribution >= 0.6 is 0 Å². The lowest BCUT2D eigenvalue weighted by Crippen LogP contribution is -2.23. The predicted molar refractivity (Wildman–Crippen MR) is 120 cm³/mol. The molecule has 7 heteroatoms. The van der Waals surface area contributed by atoms with Crippen LogP contribution in [0.2, 0.25) is 0 Å². The van der Waals surface area contributed by atoms with Crippen LogP contribution in [-0.2, 0) is 16.7 Å². The minimum absolute atomic E-state index is 0.105. The summed E-state index contributed by atoms with van der Waals surface area (Å²) in [4.78, 5) is 25.9. The third kappa shape index (κ3) is 4.60. The van der Waals surface area contributed by atoms with Gasteiger partial charge in [0, 0.05) is 17.3 Å². The zero-order valence-electron chi connectivity index (χ0n) is 18.0. The first-order valence-corrected chi connectivity index (χ1v) is 10.3. The van der Waals surface area contributed by atoms with Gasteiger partial charge in [0.05, 0.1) is 19.3 Å². The molecule has 160 valence electrons. The molecule has 0 aliphatic carbocycles. The Balaban J connectivity index is 1.43. The van der Waals surface area contributed by atoms with Crippen LogP contribution in [0, 0.1) is 0 Å². The van der Waals surface area contributed by atoms with Gasteiger partial charge in [-0.15, -0.1) is 0 Å². The van der Waals surface area contributed by atoms with E-state index >= 15 is 0 Å². The van der Waals surface area contributed by atoms with Gasteiger partial charge < -0.3 is 10.1 Å². The molecule has 7 nitrogen and oxygen atoms in total.